The number of methoxy groups -OCH3 is 2. The van der Waals surface area contributed by atoms with Crippen LogP contribution in [0.4, 0.5) is 14.9 Å². The topological polar surface area (TPSA) is 66.6 Å². The minimum atomic E-state index is -0.283. The van der Waals surface area contributed by atoms with Gasteiger partial charge in [0.15, 0.2) is 0 Å². The van der Waals surface area contributed by atoms with Crippen LogP contribution in [0.2, 0.25) is 0 Å². The second-order valence-electron chi connectivity index (χ2n) is 6.48. The van der Waals surface area contributed by atoms with Gasteiger partial charge in [-0.2, -0.15) is 0 Å². The van der Waals surface area contributed by atoms with E-state index in [1.54, 1.807) is 43.4 Å². The van der Waals surface area contributed by atoms with Crippen molar-refractivity contribution in [2.75, 3.05) is 26.1 Å². The molecule has 3 aromatic rings. The highest BCUT2D eigenvalue weighted by molar-refractivity contribution is 5.91. The Kier molecular flexibility index (Phi) is 4.35. The van der Waals surface area contributed by atoms with Gasteiger partial charge in [0.05, 0.1) is 14.2 Å². The van der Waals surface area contributed by atoms with Gasteiger partial charge < -0.3 is 24.7 Å². The second kappa shape index (κ2) is 6.83. The van der Waals surface area contributed by atoms with Gasteiger partial charge in [-0.25, -0.2) is 9.18 Å². The van der Waals surface area contributed by atoms with Crippen LogP contribution in [0.5, 0.6) is 11.5 Å². The molecule has 1 aliphatic heterocycles. The largest absolute Gasteiger partial charge is 0.497 e. The fourth-order valence-electron chi connectivity index (χ4n) is 3.44. The third-order valence-corrected chi connectivity index (χ3v) is 4.83. The van der Waals surface area contributed by atoms with E-state index in [0.29, 0.717) is 36.7 Å². The molecule has 2 amide bonds. The number of aromatic amines is 1. The summed E-state index contributed by atoms with van der Waals surface area (Å²) in [6.45, 7) is 1.00. The first-order valence-electron chi connectivity index (χ1n) is 8.65. The van der Waals surface area contributed by atoms with E-state index >= 15 is 0 Å². The summed E-state index contributed by atoms with van der Waals surface area (Å²) in [6, 6.07) is 9.67. The zero-order valence-corrected chi connectivity index (χ0v) is 15.1. The molecule has 0 fully saturated rings. The molecule has 0 radical (unpaired) electrons. The van der Waals surface area contributed by atoms with Crippen LogP contribution in [0, 0.1) is 5.82 Å². The number of nitrogens with one attached hydrogen (secondary N) is 2. The van der Waals surface area contributed by atoms with Gasteiger partial charge in [-0.3, -0.25) is 0 Å². The van der Waals surface area contributed by atoms with E-state index < -0.39 is 0 Å². The molecule has 6 nitrogen and oxygen atoms in total. The third kappa shape index (κ3) is 3.28. The molecule has 1 aliphatic rings. The number of carbonyl (C=O) groups excluding carboxylic acids is 1. The predicted octanol–water partition coefficient (Wildman–Crippen LogP) is 3.91. The summed E-state index contributed by atoms with van der Waals surface area (Å²) in [5.41, 5.74) is 3.50. The molecular weight excluding hydrogens is 349 g/mol. The molecule has 2 aromatic carbocycles. The van der Waals surface area contributed by atoms with E-state index in [-0.39, 0.29) is 11.8 Å². The van der Waals surface area contributed by atoms with Crippen molar-refractivity contribution in [3.8, 4) is 11.5 Å². The first-order valence-corrected chi connectivity index (χ1v) is 8.65. The third-order valence-electron chi connectivity index (χ3n) is 4.83. The maximum absolute atomic E-state index is 13.6. The average molecular weight is 369 g/mol. The van der Waals surface area contributed by atoms with E-state index in [9.17, 15) is 9.18 Å². The van der Waals surface area contributed by atoms with Crippen molar-refractivity contribution in [1.82, 2.24) is 9.88 Å². The van der Waals surface area contributed by atoms with Crippen molar-refractivity contribution in [2.24, 2.45) is 0 Å². The van der Waals surface area contributed by atoms with Crippen molar-refractivity contribution >= 4 is 22.6 Å². The van der Waals surface area contributed by atoms with Crippen molar-refractivity contribution in [3.63, 3.8) is 0 Å². The minimum Gasteiger partial charge on any atom is -0.497 e. The average Bonchev–Trinajstić information content (AvgIpc) is 3.04. The predicted molar refractivity (Wildman–Crippen MR) is 101 cm³/mol. The number of benzene rings is 2. The zero-order chi connectivity index (χ0) is 19.0. The van der Waals surface area contributed by atoms with Gasteiger partial charge in [-0.1, -0.05) is 0 Å². The number of ether oxygens (including phenoxy) is 2. The number of carbonyl (C=O) groups is 1. The Labute approximate surface area is 155 Å². The van der Waals surface area contributed by atoms with Gasteiger partial charge in [-0.15, -0.1) is 0 Å². The maximum atomic E-state index is 13.6. The lowest BCUT2D eigenvalue weighted by atomic mass is 10.0. The molecule has 0 bridgehead atoms. The molecule has 1 aromatic heterocycles. The molecular formula is C20H20FN3O3. The number of hydrogen-bond donors (Lipinski definition) is 2. The molecule has 140 valence electrons. The minimum absolute atomic E-state index is 0.221. The van der Waals surface area contributed by atoms with Crippen molar-refractivity contribution in [1.29, 1.82) is 0 Å². The maximum Gasteiger partial charge on any atom is 0.322 e. The highest BCUT2D eigenvalue weighted by Crippen LogP contribution is 2.30. The number of fused-ring (bicyclic) bond motifs is 3. The fourth-order valence-corrected chi connectivity index (χ4v) is 3.44. The number of amides is 2. The molecule has 0 spiro atoms. The zero-order valence-electron chi connectivity index (χ0n) is 15.1. The van der Waals surface area contributed by atoms with Crippen LogP contribution in [-0.4, -0.2) is 36.7 Å². The summed E-state index contributed by atoms with van der Waals surface area (Å²) in [6.07, 6.45) is 0.695. The van der Waals surface area contributed by atoms with Crippen molar-refractivity contribution < 1.29 is 18.7 Å². The van der Waals surface area contributed by atoms with E-state index in [4.69, 9.17) is 9.47 Å². The monoisotopic (exact) mass is 369 g/mol. The molecule has 0 saturated carbocycles. The molecule has 27 heavy (non-hydrogen) atoms. The molecule has 2 heterocycles. The summed E-state index contributed by atoms with van der Waals surface area (Å²) in [7, 11) is 3.12. The number of halogens is 1. The van der Waals surface area contributed by atoms with Crippen LogP contribution in [0.25, 0.3) is 10.9 Å². The Morgan fingerprint density at radius 2 is 1.89 bits per heavy atom. The normalized spacial score (nSPS) is 13.4. The molecule has 7 heteroatoms. The summed E-state index contributed by atoms with van der Waals surface area (Å²) in [4.78, 5) is 17.8. The van der Waals surface area contributed by atoms with Gasteiger partial charge in [-0.05, 0) is 18.2 Å². The van der Waals surface area contributed by atoms with Gasteiger partial charge in [0, 0.05) is 65.6 Å². The van der Waals surface area contributed by atoms with E-state index in [1.807, 2.05) is 0 Å². The standard InChI is InChI=1S/C20H20FN3O3/c1-26-14-8-13(9-15(10-14)27-2)22-20(25)24-6-5-19-17(11-24)16-7-12(21)3-4-18(16)23-19/h3-4,7-10,23H,5-6,11H2,1-2H3,(H,22,25). The molecule has 2 N–H and O–H groups in total. The first-order chi connectivity index (χ1) is 13.1. The summed E-state index contributed by atoms with van der Waals surface area (Å²) in [5.74, 6) is 0.907. The highest BCUT2D eigenvalue weighted by Gasteiger charge is 2.24. The van der Waals surface area contributed by atoms with Crippen LogP contribution in [0.15, 0.2) is 36.4 Å². The van der Waals surface area contributed by atoms with Crippen LogP contribution >= 0.6 is 0 Å². The lowest BCUT2D eigenvalue weighted by Gasteiger charge is -2.27. The summed E-state index contributed by atoms with van der Waals surface area (Å²) in [5, 5.41) is 3.71. The number of aromatic nitrogens is 1. The fraction of sp³-hybridized carbons (Fsp3) is 0.250. The van der Waals surface area contributed by atoms with Crippen LogP contribution in [0.3, 0.4) is 0 Å². The summed E-state index contributed by atoms with van der Waals surface area (Å²) >= 11 is 0. The van der Waals surface area contributed by atoms with E-state index in [1.165, 1.54) is 12.1 Å². The summed E-state index contributed by atoms with van der Waals surface area (Å²) < 4.78 is 24.1. The highest BCUT2D eigenvalue weighted by atomic mass is 19.1. The van der Waals surface area contributed by atoms with Gasteiger partial charge in [0.2, 0.25) is 0 Å². The molecule has 0 unspecified atom stereocenters. The first kappa shape index (κ1) is 17.2. The van der Waals surface area contributed by atoms with Crippen LogP contribution < -0.4 is 14.8 Å². The lowest BCUT2D eigenvalue weighted by molar-refractivity contribution is 0.206. The van der Waals surface area contributed by atoms with Gasteiger partial charge in [0.1, 0.15) is 17.3 Å². The van der Waals surface area contributed by atoms with E-state index in [2.05, 4.69) is 10.3 Å². The Balaban J connectivity index is 1.56. The quantitative estimate of drug-likeness (QED) is 0.735. The van der Waals surface area contributed by atoms with Crippen molar-refractivity contribution in [3.05, 3.63) is 53.5 Å². The number of urea groups is 1. The Morgan fingerprint density at radius 3 is 2.59 bits per heavy atom. The van der Waals surface area contributed by atoms with E-state index in [0.717, 1.165) is 22.2 Å². The SMILES string of the molecule is COc1cc(NC(=O)N2CCc3[nH]c4ccc(F)cc4c3C2)cc(OC)c1. The Bertz CT molecular complexity index is 993. The molecule has 0 atom stereocenters. The van der Waals surface area contributed by atoms with Crippen molar-refractivity contribution in [2.45, 2.75) is 13.0 Å². The number of nitrogens with zero attached hydrogens (tertiary/aromatic N) is 1. The molecule has 4 rings (SSSR count). The number of H-pyrrole nitrogens is 1. The molecule has 0 aliphatic carbocycles. The van der Waals surface area contributed by atoms with Gasteiger partial charge >= 0.3 is 6.03 Å². The Morgan fingerprint density at radius 1 is 1.15 bits per heavy atom. The number of rotatable bonds is 3. The second-order valence-corrected chi connectivity index (χ2v) is 6.48. The van der Waals surface area contributed by atoms with Crippen LogP contribution in [0.1, 0.15) is 11.3 Å². The number of anilines is 1. The number of hydrogen-bond acceptors (Lipinski definition) is 3. The van der Waals surface area contributed by atoms with Gasteiger partial charge in [0.25, 0.3) is 0 Å². The van der Waals surface area contributed by atoms with Crippen LogP contribution in [-0.2, 0) is 13.0 Å². The molecule has 0 saturated heterocycles. The smallest absolute Gasteiger partial charge is 0.322 e. The lowest BCUT2D eigenvalue weighted by Crippen LogP contribution is -2.38. The Hall–Kier alpha value is -3.22.